The van der Waals surface area contributed by atoms with E-state index in [9.17, 15) is 4.79 Å². The lowest BCUT2D eigenvalue weighted by Gasteiger charge is -2.36. The zero-order valence-electron chi connectivity index (χ0n) is 16.5. The summed E-state index contributed by atoms with van der Waals surface area (Å²) >= 11 is 0. The average Bonchev–Trinajstić information content (AvgIpc) is 3.44. The molecule has 0 atom stereocenters. The first-order chi connectivity index (χ1) is 13.6. The number of fused-ring (bicyclic) bond motifs is 2. The van der Waals surface area contributed by atoms with Gasteiger partial charge in [-0.05, 0) is 79.0 Å². The molecule has 0 bridgehead atoms. The van der Waals surface area contributed by atoms with E-state index in [0.717, 1.165) is 35.5 Å². The Bertz CT molecular complexity index is 911. The number of hydrogen-bond acceptors (Lipinski definition) is 3. The van der Waals surface area contributed by atoms with Crippen LogP contribution in [0.25, 0.3) is 11.1 Å². The lowest BCUT2D eigenvalue weighted by Crippen LogP contribution is -2.35. The highest BCUT2D eigenvalue weighted by Crippen LogP contribution is 2.47. The summed E-state index contributed by atoms with van der Waals surface area (Å²) < 4.78 is 0. The van der Waals surface area contributed by atoms with E-state index < -0.39 is 0 Å². The number of amides is 1. The molecule has 2 aromatic carbocycles. The van der Waals surface area contributed by atoms with Crippen LogP contribution in [0.3, 0.4) is 0 Å². The van der Waals surface area contributed by atoms with Crippen molar-refractivity contribution in [1.29, 1.82) is 0 Å². The lowest BCUT2D eigenvalue weighted by molar-refractivity contribution is 0.0952. The van der Waals surface area contributed by atoms with Crippen LogP contribution in [0.5, 0.6) is 0 Å². The van der Waals surface area contributed by atoms with Gasteiger partial charge in [0.2, 0.25) is 0 Å². The van der Waals surface area contributed by atoms with E-state index in [0.29, 0.717) is 5.92 Å². The molecule has 4 nitrogen and oxygen atoms in total. The number of rotatable bonds is 4. The molecule has 2 aliphatic carbocycles. The van der Waals surface area contributed by atoms with E-state index in [-0.39, 0.29) is 11.3 Å². The number of anilines is 1. The zero-order chi connectivity index (χ0) is 19.1. The van der Waals surface area contributed by atoms with Crippen molar-refractivity contribution < 1.29 is 9.63 Å². The number of benzene rings is 2. The number of nitrogens with one attached hydrogen (secondary N) is 2. The third-order valence-electron chi connectivity index (χ3n) is 6.74. The highest BCUT2D eigenvalue weighted by Gasteiger charge is 2.40. The van der Waals surface area contributed by atoms with Crippen molar-refractivity contribution >= 4 is 11.6 Å². The van der Waals surface area contributed by atoms with Crippen molar-refractivity contribution in [1.82, 2.24) is 5.32 Å². The van der Waals surface area contributed by atoms with Crippen LogP contribution in [0.1, 0.15) is 60.0 Å². The van der Waals surface area contributed by atoms with Crippen LogP contribution in [-0.4, -0.2) is 19.1 Å². The normalized spacial score (nSPS) is 19.9. The number of hydrogen-bond donors (Lipinski definition) is 2. The summed E-state index contributed by atoms with van der Waals surface area (Å²) in [5.74, 6) is 0.709. The molecule has 146 valence electrons. The van der Waals surface area contributed by atoms with Gasteiger partial charge in [0.15, 0.2) is 0 Å². The molecule has 5 rings (SSSR count). The van der Waals surface area contributed by atoms with Crippen LogP contribution < -0.4 is 10.8 Å². The minimum Gasteiger partial charge on any atom is -0.352 e. The predicted octanol–water partition coefficient (Wildman–Crippen LogP) is 4.97. The van der Waals surface area contributed by atoms with E-state index in [4.69, 9.17) is 4.84 Å². The van der Waals surface area contributed by atoms with Crippen molar-refractivity contribution in [2.24, 2.45) is 5.92 Å². The molecule has 2 fully saturated rings. The highest BCUT2D eigenvalue weighted by molar-refractivity contribution is 5.96. The fourth-order valence-electron chi connectivity index (χ4n) is 4.79. The van der Waals surface area contributed by atoms with Gasteiger partial charge in [-0.25, -0.2) is 0 Å². The fourth-order valence-corrected chi connectivity index (χ4v) is 4.79. The first-order valence-electron chi connectivity index (χ1n) is 10.6. The Morgan fingerprint density at radius 2 is 2.00 bits per heavy atom. The highest BCUT2D eigenvalue weighted by atomic mass is 16.6. The summed E-state index contributed by atoms with van der Waals surface area (Å²) in [4.78, 5) is 18.3. The van der Waals surface area contributed by atoms with Gasteiger partial charge >= 0.3 is 0 Å². The van der Waals surface area contributed by atoms with E-state index >= 15 is 0 Å². The second-order valence-electron chi connectivity index (χ2n) is 8.82. The standard InChI is InChI=1S/C24H28N2O2/c1-16-4-7-19(23(27)25-14-17-5-6-17)12-20(16)18-8-9-21-22(13-18)26-28-15-24(21)10-2-3-11-24/h4,7-9,12-13,17,26H,2-3,5-6,10-11,14-15H2,1H3,(H,25,27). The molecule has 0 radical (unpaired) electrons. The summed E-state index contributed by atoms with van der Waals surface area (Å²) in [5.41, 5.74) is 9.92. The molecule has 1 heterocycles. The molecule has 2 N–H and O–H groups in total. The zero-order valence-corrected chi connectivity index (χ0v) is 16.5. The Morgan fingerprint density at radius 3 is 2.79 bits per heavy atom. The van der Waals surface area contributed by atoms with Gasteiger partial charge in [0, 0.05) is 17.5 Å². The molecule has 3 aliphatic rings. The van der Waals surface area contributed by atoms with Gasteiger partial charge < -0.3 is 5.32 Å². The predicted molar refractivity (Wildman–Crippen MR) is 111 cm³/mol. The Labute approximate surface area is 166 Å². The van der Waals surface area contributed by atoms with Crippen molar-refractivity contribution in [3.63, 3.8) is 0 Å². The van der Waals surface area contributed by atoms with Gasteiger partial charge in [-0.2, -0.15) is 0 Å². The topological polar surface area (TPSA) is 50.4 Å². The van der Waals surface area contributed by atoms with Gasteiger partial charge in [-0.15, -0.1) is 0 Å². The molecule has 1 amide bonds. The molecule has 0 saturated heterocycles. The summed E-state index contributed by atoms with van der Waals surface area (Å²) in [6, 6.07) is 12.7. The molecule has 0 aromatic heterocycles. The first-order valence-corrected chi connectivity index (χ1v) is 10.6. The van der Waals surface area contributed by atoms with Crippen molar-refractivity contribution in [2.45, 2.75) is 50.9 Å². The maximum Gasteiger partial charge on any atom is 0.251 e. The van der Waals surface area contributed by atoms with Gasteiger partial charge in [0.25, 0.3) is 5.91 Å². The van der Waals surface area contributed by atoms with Crippen molar-refractivity contribution in [3.05, 3.63) is 53.1 Å². The van der Waals surface area contributed by atoms with E-state index in [1.54, 1.807) is 0 Å². The number of aryl methyl sites for hydroxylation is 1. The van der Waals surface area contributed by atoms with Crippen LogP contribution in [0.2, 0.25) is 0 Å². The van der Waals surface area contributed by atoms with Crippen molar-refractivity contribution in [3.8, 4) is 11.1 Å². The van der Waals surface area contributed by atoms with Gasteiger partial charge in [-0.3, -0.25) is 15.1 Å². The summed E-state index contributed by atoms with van der Waals surface area (Å²) in [6.07, 6.45) is 7.45. The maximum absolute atomic E-state index is 12.5. The SMILES string of the molecule is Cc1ccc(C(=O)NCC2CC2)cc1-c1ccc2c(c1)NOCC21CCCC1. The minimum absolute atomic E-state index is 0.0254. The average molecular weight is 377 g/mol. The van der Waals surface area contributed by atoms with E-state index in [2.05, 4.69) is 35.9 Å². The van der Waals surface area contributed by atoms with Crippen molar-refractivity contribution in [2.75, 3.05) is 18.6 Å². The Hall–Kier alpha value is -2.33. The lowest BCUT2D eigenvalue weighted by atomic mass is 9.77. The van der Waals surface area contributed by atoms with E-state index in [1.807, 2.05) is 18.2 Å². The molecule has 1 spiro atoms. The molecule has 4 heteroatoms. The molecule has 2 saturated carbocycles. The third-order valence-corrected chi connectivity index (χ3v) is 6.74. The molecular formula is C24H28N2O2. The number of carbonyl (C=O) groups excluding carboxylic acids is 1. The molecule has 0 unspecified atom stereocenters. The molecule has 2 aromatic rings. The molecule has 28 heavy (non-hydrogen) atoms. The number of carbonyl (C=O) groups is 1. The van der Waals surface area contributed by atoms with E-state index in [1.165, 1.54) is 49.7 Å². The quantitative estimate of drug-likeness (QED) is 0.792. The summed E-state index contributed by atoms with van der Waals surface area (Å²) in [6.45, 7) is 3.66. The first kappa shape index (κ1) is 17.7. The van der Waals surface area contributed by atoms with Gasteiger partial charge in [0.1, 0.15) is 0 Å². The smallest absolute Gasteiger partial charge is 0.251 e. The van der Waals surface area contributed by atoms with Crippen LogP contribution in [-0.2, 0) is 10.3 Å². The van der Waals surface area contributed by atoms with Crippen LogP contribution >= 0.6 is 0 Å². The Morgan fingerprint density at radius 1 is 1.18 bits per heavy atom. The minimum atomic E-state index is 0.0254. The molecular weight excluding hydrogens is 348 g/mol. The Kier molecular flexibility index (Phi) is 4.39. The van der Waals surface area contributed by atoms with Crippen LogP contribution in [0, 0.1) is 12.8 Å². The van der Waals surface area contributed by atoms with Gasteiger partial charge in [0.05, 0.1) is 12.3 Å². The second kappa shape index (κ2) is 6.93. The second-order valence-corrected chi connectivity index (χ2v) is 8.82. The monoisotopic (exact) mass is 376 g/mol. The van der Waals surface area contributed by atoms with Gasteiger partial charge in [-0.1, -0.05) is 31.0 Å². The Balaban J connectivity index is 1.45. The van der Waals surface area contributed by atoms with Crippen LogP contribution in [0.4, 0.5) is 5.69 Å². The summed E-state index contributed by atoms with van der Waals surface area (Å²) in [5, 5.41) is 3.07. The maximum atomic E-state index is 12.5. The third kappa shape index (κ3) is 3.20. The fraction of sp³-hybridized carbons (Fsp3) is 0.458. The molecule has 1 aliphatic heterocycles. The summed E-state index contributed by atoms with van der Waals surface area (Å²) in [7, 11) is 0. The van der Waals surface area contributed by atoms with Crippen LogP contribution in [0.15, 0.2) is 36.4 Å². The largest absolute Gasteiger partial charge is 0.352 e.